The van der Waals surface area contributed by atoms with E-state index in [1.165, 1.54) is 97.6 Å². The second-order valence-corrected chi connectivity index (χ2v) is 15.1. The standard InChI is InChI=1S/C28H61N2O8PS/c1-7-8-9-10-11-12-13-14-15-16-17-18-19-20-21-22-24-35-26-28(38-40(33,34)29(2)3)27-37-39(31,32)36-25-23-30(4,5)6/h28H,7-27H2,1-6H3. The van der Waals surface area contributed by atoms with Crippen LogP contribution in [0.15, 0.2) is 0 Å². The first-order valence-electron chi connectivity index (χ1n) is 15.4. The molecule has 0 rings (SSSR count). The Morgan fingerprint density at radius 2 is 1.18 bits per heavy atom. The zero-order valence-electron chi connectivity index (χ0n) is 26.4. The van der Waals surface area contributed by atoms with Gasteiger partial charge < -0.3 is 23.2 Å². The summed E-state index contributed by atoms with van der Waals surface area (Å²) in [5, 5.41) is 0. The molecule has 2 unspecified atom stereocenters. The minimum absolute atomic E-state index is 0.0401. The number of phosphoric ester groups is 1. The number of phosphoric acid groups is 1. The van der Waals surface area contributed by atoms with E-state index in [0.29, 0.717) is 17.6 Å². The van der Waals surface area contributed by atoms with Crippen LogP contribution in [0, 0.1) is 0 Å². The molecule has 0 heterocycles. The first-order chi connectivity index (χ1) is 18.8. The van der Waals surface area contributed by atoms with Crippen LogP contribution in [0.2, 0.25) is 0 Å². The maximum Gasteiger partial charge on any atom is 0.338 e. The van der Waals surface area contributed by atoms with Crippen LogP contribution in [0.1, 0.15) is 110 Å². The van der Waals surface area contributed by atoms with E-state index in [1.807, 2.05) is 21.1 Å². The molecular weight excluding hydrogens is 555 g/mol. The van der Waals surface area contributed by atoms with E-state index >= 15 is 0 Å². The molecule has 0 aromatic carbocycles. The average molecular weight is 617 g/mol. The lowest BCUT2D eigenvalue weighted by molar-refractivity contribution is -0.870. The highest BCUT2D eigenvalue weighted by Gasteiger charge is 2.24. The number of unbranched alkanes of at least 4 members (excludes halogenated alkanes) is 15. The molecule has 10 nitrogen and oxygen atoms in total. The summed E-state index contributed by atoms with van der Waals surface area (Å²) >= 11 is 0. The van der Waals surface area contributed by atoms with E-state index in [-0.39, 0.29) is 13.2 Å². The van der Waals surface area contributed by atoms with Crippen LogP contribution in [0.4, 0.5) is 0 Å². The highest BCUT2D eigenvalue weighted by molar-refractivity contribution is 7.84. The fourth-order valence-corrected chi connectivity index (χ4v) is 5.32. The number of rotatable bonds is 29. The maximum atomic E-state index is 12.2. The number of quaternary nitrogens is 1. The van der Waals surface area contributed by atoms with Crippen LogP contribution in [0.5, 0.6) is 0 Å². The van der Waals surface area contributed by atoms with Gasteiger partial charge in [-0.05, 0) is 6.42 Å². The molecule has 0 saturated carbocycles. The molecule has 242 valence electrons. The van der Waals surface area contributed by atoms with Crippen LogP contribution in [-0.4, -0.2) is 91.5 Å². The molecule has 0 aliphatic heterocycles. The van der Waals surface area contributed by atoms with Gasteiger partial charge in [0.2, 0.25) is 0 Å². The summed E-state index contributed by atoms with van der Waals surface area (Å²) in [6.45, 7) is 2.50. The van der Waals surface area contributed by atoms with Gasteiger partial charge in [-0.25, -0.2) is 4.18 Å². The van der Waals surface area contributed by atoms with Gasteiger partial charge in [0.1, 0.15) is 19.3 Å². The van der Waals surface area contributed by atoms with Gasteiger partial charge in [-0.3, -0.25) is 4.57 Å². The Hall–Kier alpha value is -0.100. The summed E-state index contributed by atoms with van der Waals surface area (Å²) < 4.78 is 58.3. The van der Waals surface area contributed by atoms with Crippen LogP contribution in [-0.2, 0) is 32.8 Å². The van der Waals surface area contributed by atoms with E-state index in [0.717, 1.165) is 23.6 Å². The monoisotopic (exact) mass is 616 g/mol. The predicted octanol–water partition coefficient (Wildman–Crippen LogP) is 5.66. The van der Waals surface area contributed by atoms with E-state index in [9.17, 15) is 17.9 Å². The van der Waals surface area contributed by atoms with Gasteiger partial charge in [-0.1, -0.05) is 103 Å². The molecular formula is C28H61N2O8PS. The highest BCUT2D eigenvalue weighted by Crippen LogP contribution is 2.38. The summed E-state index contributed by atoms with van der Waals surface area (Å²) in [4.78, 5) is 12.1. The largest absolute Gasteiger partial charge is 0.756 e. The minimum Gasteiger partial charge on any atom is -0.756 e. The van der Waals surface area contributed by atoms with E-state index in [2.05, 4.69) is 6.92 Å². The minimum atomic E-state index is -4.60. The van der Waals surface area contributed by atoms with Crippen molar-refractivity contribution >= 4 is 18.1 Å². The molecule has 0 saturated heterocycles. The lowest BCUT2D eigenvalue weighted by atomic mass is 10.0. The number of hydrogen-bond donors (Lipinski definition) is 0. The molecule has 12 heteroatoms. The number of likely N-dealkylation sites (N-methyl/N-ethyl adjacent to an activating group) is 1. The molecule has 0 spiro atoms. The lowest BCUT2D eigenvalue weighted by Gasteiger charge is -2.28. The molecule has 0 fully saturated rings. The first-order valence-corrected chi connectivity index (χ1v) is 18.2. The predicted molar refractivity (Wildman–Crippen MR) is 160 cm³/mol. The molecule has 40 heavy (non-hydrogen) atoms. The fraction of sp³-hybridized carbons (Fsp3) is 1.00. The third-order valence-corrected chi connectivity index (χ3v) is 8.95. The summed E-state index contributed by atoms with van der Waals surface area (Å²) in [7, 11) is -0.253. The Labute approximate surface area is 246 Å². The molecule has 0 aromatic heterocycles. The third-order valence-electron chi connectivity index (χ3n) is 6.58. The van der Waals surface area contributed by atoms with Crippen molar-refractivity contribution in [1.29, 1.82) is 0 Å². The summed E-state index contributed by atoms with van der Waals surface area (Å²) in [5.41, 5.74) is 0. The Bertz CT molecular complexity index is 747. The normalized spacial score (nSPS) is 15.0. The lowest BCUT2D eigenvalue weighted by Crippen LogP contribution is -2.38. The zero-order chi connectivity index (χ0) is 30.3. The molecule has 0 aromatic rings. The quantitative estimate of drug-likeness (QED) is 0.0601. The van der Waals surface area contributed by atoms with Crippen molar-refractivity contribution in [2.75, 3.05) is 68.2 Å². The van der Waals surface area contributed by atoms with Crippen molar-refractivity contribution < 1.29 is 40.3 Å². The van der Waals surface area contributed by atoms with Crippen molar-refractivity contribution in [1.82, 2.24) is 4.31 Å². The van der Waals surface area contributed by atoms with E-state index < -0.39 is 30.8 Å². The van der Waals surface area contributed by atoms with Gasteiger partial charge in [-0.2, -0.15) is 12.7 Å². The molecule has 0 amide bonds. The summed E-state index contributed by atoms with van der Waals surface area (Å²) in [5.74, 6) is 0. The Morgan fingerprint density at radius 1 is 0.725 bits per heavy atom. The first kappa shape index (κ1) is 39.9. The van der Waals surface area contributed by atoms with Gasteiger partial charge in [-0.15, -0.1) is 0 Å². The average Bonchev–Trinajstić information content (AvgIpc) is 2.85. The number of hydrogen-bond acceptors (Lipinski definition) is 8. The zero-order valence-corrected chi connectivity index (χ0v) is 28.2. The number of ether oxygens (including phenoxy) is 1. The third kappa shape index (κ3) is 25.6. The molecule has 0 N–H and O–H groups in total. The van der Waals surface area contributed by atoms with Gasteiger partial charge in [0.15, 0.2) is 0 Å². The van der Waals surface area contributed by atoms with Crippen molar-refractivity contribution in [2.24, 2.45) is 0 Å². The summed E-state index contributed by atoms with van der Waals surface area (Å²) in [6.07, 6.45) is 19.4. The van der Waals surface area contributed by atoms with Gasteiger partial charge in [0.25, 0.3) is 7.82 Å². The van der Waals surface area contributed by atoms with Crippen molar-refractivity contribution in [3.8, 4) is 0 Å². The highest BCUT2D eigenvalue weighted by atomic mass is 32.2. The van der Waals surface area contributed by atoms with Crippen LogP contribution in [0.3, 0.4) is 0 Å². The van der Waals surface area contributed by atoms with Crippen LogP contribution in [0.25, 0.3) is 0 Å². The smallest absolute Gasteiger partial charge is 0.338 e. The van der Waals surface area contributed by atoms with Gasteiger partial charge in [0.05, 0.1) is 34.4 Å². The molecule has 0 radical (unpaired) electrons. The Balaban J connectivity index is 4.04. The second kappa shape index (κ2) is 23.4. The molecule has 0 bridgehead atoms. The van der Waals surface area contributed by atoms with Crippen molar-refractivity contribution in [3.63, 3.8) is 0 Å². The topological polar surface area (TPSA) is 114 Å². The summed E-state index contributed by atoms with van der Waals surface area (Å²) in [6, 6.07) is 0. The second-order valence-electron chi connectivity index (χ2n) is 11.9. The van der Waals surface area contributed by atoms with Gasteiger partial charge in [0, 0.05) is 20.7 Å². The van der Waals surface area contributed by atoms with Gasteiger partial charge >= 0.3 is 10.3 Å². The van der Waals surface area contributed by atoms with Crippen LogP contribution < -0.4 is 4.89 Å². The fourth-order valence-electron chi connectivity index (χ4n) is 3.97. The molecule has 2 atom stereocenters. The van der Waals surface area contributed by atoms with Crippen molar-refractivity contribution in [2.45, 2.75) is 116 Å². The SMILES string of the molecule is CCCCCCCCCCCCCCCCCCOCC(COP(=O)([O-])OCC[N+](C)(C)C)OS(=O)(=O)N(C)C. The van der Waals surface area contributed by atoms with Crippen molar-refractivity contribution in [3.05, 3.63) is 0 Å². The van der Waals surface area contributed by atoms with Crippen LogP contribution >= 0.6 is 7.82 Å². The Kier molecular flexibility index (Phi) is 23.3. The van der Waals surface area contributed by atoms with E-state index in [4.69, 9.17) is 18.0 Å². The molecule has 0 aliphatic carbocycles. The maximum absolute atomic E-state index is 12.2. The Morgan fingerprint density at radius 3 is 1.60 bits per heavy atom. The molecule has 0 aliphatic rings. The van der Waals surface area contributed by atoms with E-state index in [1.54, 1.807) is 0 Å². The number of nitrogens with zero attached hydrogens (tertiary/aromatic N) is 2.